The average molecular weight is 276 g/mol. The fourth-order valence-electron chi connectivity index (χ4n) is 2.15. The molecule has 0 radical (unpaired) electrons. The molecule has 106 valence electrons. The van der Waals surface area contributed by atoms with Crippen LogP contribution in [-0.4, -0.2) is 33.1 Å². The fraction of sp³-hybridized carbons (Fsp3) is 0.538. The van der Waals surface area contributed by atoms with Crippen LogP contribution in [0.25, 0.3) is 0 Å². The lowest BCUT2D eigenvalue weighted by molar-refractivity contribution is 0.192. The highest BCUT2D eigenvalue weighted by Crippen LogP contribution is 2.22. The molecule has 3 heterocycles. The Hall–Kier alpha value is -2.02. The van der Waals surface area contributed by atoms with Gasteiger partial charge in [0.15, 0.2) is 5.82 Å². The third-order valence-corrected chi connectivity index (χ3v) is 3.50. The summed E-state index contributed by atoms with van der Waals surface area (Å²) in [6.45, 7) is 5.27. The zero-order valence-corrected chi connectivity index (χ0v) is 11.5. The van der Waals surface area contributed by atoms with Crippen LogP contribution in [0.3, 0.4) is 0 Å². The van der Waals surface area contributed by atoms with E-state index in [-0.39, 0.29) is 18.0 Å². The Morgan fingerprint density at radius 1 is 1.45 bits per heavy atom. The summed E-state index contributed by atoms with van der Waals surface area (Å²) in [6, 6.07) is 1.56. The summed E-state index contributed by atoms with van der Waals surface area (Å²) in [4.78, 5) is 16.2. The Labute approximate surface area is 115 Å². The molecule has 0 spiro atoms. The first-order valence-electron chi connectivity index (χ1n) is 6.59. The molecule has 7 nitrogen and oxygen atoms in total. The minimum Gasteiger partial charge on any atom is -0.381 e. The van der Waals surface area contributed by atoms with Crippen molar-refractivity contribution in [2.45, 2.75) is 32.7 Å². The van der Waals surface area contributed by atoms with Crippen LogP contribution < -0.4 is 5.56 Å². The molecule has 1 fully saturated rings. The fourth-order valence-corrected chi connectivity index (χ4v) is 2.15. The van der Waals surface area contributed by atoms with Crippen LogP contribution in [0.5, 0.6) is 0 Å². The van der Waals surface area contributed by atoms with E-state index in [0.717, 1.165) is 24.3 Å². The second kappa shape index (κ2) is 5.16. The SMILES string of the molecule is Cc1cc(=O)n(Cc2nc([C@H]3CCOC3)no2)nc1C. The molecule has 1 aliphatic heterocycles. The molecular weight excluding hydrogens is 260 g/mol. The summed E-state index contributed by atoms with van der Waals surface area (Å²) >= 11 is 0. The molecule has 1 aliphatic rings. The van der Waals surface area contributed by atoms with Gasteiger partial charge in [0.1, 0.15) is 6.54 Å². The first kappa shape index (κ1) is 13.0. The van der Waals surface area contributed by atoms with Gasteiger partial charge in [-0.15, -0.1) is 0 Å². The molecule has 2 aromatic rings. The Morgan fingerprint density at radius 3 is 3.05 bits per heavy atom. The van der Waals surface area contributed by atoms with Crippen LogP contribution in [0.2, 0.25) is 0 Å². The summed E-state index contributed by atoms with van der Waals surface area (Å²) in [5, 5.41) is 8.18. The van der Waals surface area contributed by atoms with E-state index in [0.29, 0.717) is 18.3 Å². The van der Waals surface area contributed by atoms with Crippen molar-refractivity contribution >= 4 is 0 Å². The predicted octanol–water partition coefficient (Wildman–Crippen LogP) is 0.795. The highest BCUT2D eigenvalue weighted by molar-refractivity contribution is 5.13. The minimum absolute atomic E-state index is 0.169. The van der Waals surface area contributed by atoms with E-state index < -0.39 is 0 Å². The Kier molecular flexibility index (Phi) is 3.35. The number of hydrogen-bond acceptors (Lipinski definition) is 6. The third kappa shape index (κ3) is 2.49. The summed E-state index contributed by atoms with van der Waals surface area (Å²) in [6.07, 6.45) is 0.904. The van der Waals surface area contributed by atoms with Gasteiger partial charge in [-0.2, -0.15) is 10.1 Å². The molecule has 0 aliphatic carbocycles. The highest BCUT2D eigenvalue weighted by Gasteiger charge is 2.23. The monoisotopic (exact) mass is 276 g/mol. The summed E-state index contributed by atoms with van der Waals surface area (Å²) in [5.74, 6) is 1.23. The van der Waals surface area contributed by atoms with Gasteiger partial charge < -0.3 is 9.26 Å². The molecule has 0 unspecified atom stereocenters. The summed E-state index contributed by atoms with van der Waals surface area (Å²) in [5.41, 5.74) is 1.52. The second-order valence-corrected chi connectivity index (χ2v) is 5.02. The van der Waals surface area contributed by atoms with Crippen molar-refractivity contribution in [2.75, 3.05) is 13.2 Å². The topological polar surface area (TPSA) is 83.0 Å². The van der Waals surface area contributed by atoms with E-state index in [2.05, 4.69) is 15.2 Å². The molecular formula is C13H16N4O3. The van der Waals surface area contributed by atoms with Crippen molar-refractivity contribution in [3.8, 4) is 0 Å². The lowest BCUT2D eigenvalue weighted by atomic mass is 10.1. The van der Waals surface area contributed by atoms with Crippen molar-refractivity contribution in [1.29, 1.82) is 0 Å². The number of ether oxygens (including phenoxy) is 1. The molecule has 7 heteroatoms. The van der Waals surface area contributed by atoms with Gasteiger partial charge in [0.2, 0.25) is 5.89 Å². The highest BCUT2D eigenvalue weighted by atomic mass is 16.5. The molecule has 20 heavy (non-hydrogen) atoms. The molecule has 0 bridgehead atoms. The largest absolute Gasteiger partial charge is 0.381 e. The Bertz CT molecular complexity index is 670. The van der Waals surface area contributed by atoms with Gasteiger partial charge in [-0.25, -0.2) is 4.68 Å². The quantitative estimate of drug-likeness (QED) is 0.824. The maximum absolute atomic E-state index is 11.9. The molecule has 0 aromatic carbocycles. The Morgan fingerprint density at radius 2 is 2.30 bits per heavy atom. The molecule has 2 aromatic heterocycles. The lowest BCUT2D eigenvalue weighted by Gasteiger charge is -2.04. The number of hydrogen-bond donors (Lipinski definition) is 0. The zero-order chi connectivity index (χ0) is 14.1. The van der Waals surface area contributed by atoms with Crippen molar-refractivity contribution in [3.63, 3.8) is 0 Å². The Balaban J connectivity index is 1.81. The van der Waals surface area contributed by atoms with E-state index in [1.807, 2.05) is 13.8 Å². The molecule has 3 rings (SSSR count). The molecule has 1 atom stereocenters. The van der Waals surface area contributed by atoms with Crippen molar-refractivity contribution in [1.82, 2.24) is 19.9 Å². The number of rotatable bonds is 3. The predicted molar refractivity (Wildman–Crippen MR) is 69.5 cm³/mol. The van der Waals surface area contributed by atoms with E-state index in [1.54, 1.807) is 6.07 Å². The zero-order valence-electron chi connectivity index (χ0n) is 11.5. The van der Waals surface area contributed by atoms with Crippen molar-refractivity contribution < 1.29 is 9.26 Å². The van der Waals surface area contributed by atoms with Gasteiger partial charge in [-0.05, 0) is 25.8 Å². The van der Waals surface area contributed by atoms with Crippen LogP contribution in [0, 0.1) is 13.8 Å². The first-order valence-corrected chi connectivity index (χ1v) is 6.59. The maximum Gasteiger partial charge on any atom is 0.267 e. The first-order chi connectivity index (χ1) is 9.63. The summed E-state index contributed by atoms with van der Waals surface area (Å²) in [7, 11) is 0. The van der Waals surface area contributed by atoms with Crippen molar-refractivity contribution in [2.24, 2.45) is 0 Å². The van der Waals surface area contributed by atoms with Gasteiger partial charge >= 0.3 is 0 Å². The van der Waals surface area contributed by atoms with E-state index in [9.17, 15) is 4.79 Å². The third-order valence-electron chi connectivity index (χ3n) is 3.50. The number of aryl methyl sites for hydroxylation is 2. The van der Waals surface area contributed by atoms with Gasteiger partial charge in [-0.1, -0.05) is 5.16 Å². The van der Waals surface area contributed by atoms with Crippen molar-refractivity contribution in [3.05, 3.63) is 39.4 Å². The van der Waals surface area contributed by atoms with Gasteiger partial charge in [-0.3, -0.25) is 4.79 Å². The standard InChI is InChI=1S/C13H16N4O3/c1-8-5-12(18)17(15-9(8)2)6-11-14-13(16-20-11)10-3-4-19-7-10/h5,10H,3-4,6-7H2,1-2H3/t10-/m0/s1. The van der Waals surface area contributed by atoms with E-state index >= 15 is 0 Å². The molecule has 0 amide bonds. The van der Waals surface area contributed by atoms with Gasteiger partial charge in [0, 0.05) is 18.6 Å². The van der Waals surface area contributed by atoms with E-state index in [4.69, 9.17) is 9.26 Å². The van der Waals surface area contributed by atoms with Crippen LogP contribution in [0.1, 0.15) is 35.3 Å². The van der Waals surface area contributed by atoms with Gasteiger partial charge in [0.25, 0.3) is 5.56 Å². The number of nitrogens with zero attached hydrogens (tertiary/aromatic N) is 4. The molecule has 1 saturated heterocycles. The van der Waals surface area contributed by atoms with Crippen LogP contribution in [0.15, 0.2) is 15.4 Å². The van der Waals surface area contributed by atoms with E-state index in [1.165, 1.54) is 4.68 Å². The van der Waals surface area contributed by atoms with Gasteiger partial charge in [0.05, 0.1) is 12.3 Å². The molecule has 0 N–H and O–H groups in total. The van der Waals surface area contributed by atoms with Crippen LogP contribution in [0.4, 0.5) is 0 Å². The lowest BCUT2D eigenvalue weighted by Crippen LogP contribution is -2.24. The van der Waals surface area contributed by atoms with Crippen LogP contribution in [-0.2, 0) is 11.3 Å². The molecule has 0 saturated carbocycles. The minimum atomic E-state index is -0.169. The average Bonchev–Trinajstić information content (AvgIpc) is 3.06. The second-order valence-electron chi connectivity index (χ2n) is 5.02. The maximum atomic E-state index is 11.9. The summed E-state index contributed by atoms with van der Waals surface area (Å²) < 4.78 is 11.8. The normalized spacial score (nSPS) is 18.6. The smallest absolute Gasteiger partial charge is 0.267 e. The van der Waals surface area contributed by atoms with Crippen LogP contribution >= 0.6 is 0 Å². The number of aromatic nitrogens is 4.